The number of benzene rings is 2. The van der Waals surface area contributed by atoms with Gasteiger partial charge in [-0.3, -0.25) is 14.9 Å². The van der Waals surface area contributed by atoms with Crippen molar-refractivity contribution in [1.29, 1.82) is 0 Å². The van der Waals surface area contributed by atoms with Gasteiger partial charge >= 0.3 is 5.69 Å². The van der Waals surface area contributed by atoms with Gasteiger partial charge in [-0.25, -0.2) is 9.26 Å². The molecule has 0 saturated heterocycles. The van der Waals surface area contributed by atoms with E-state index in [0.29, 0.717) is 11.3 Å². The van der Waals surface area contributed by atoms with Crippen LogP contribution in [0.5, 0.6) is 0 Å². The van der Waals surface area contributed by atoms with Crippen molar-refractivity contribution >= 4 is 45.0 Å². The molecule has 3 N–H and O–H groups in total. The monoisotopic (exact) mass is 341 g/mol. The molecule has 25 heavy (non-hydrogen) atoms. The highest BCUT2D eigenvalue weighted by Gasteiger charge is 2.30. The predicted octanol–water partition coefficient (Wildman–Crippen LogP) is 1.51. The molecule has 2 aromatic heterocycles. The lowest BCUT2D eigenvalue weighted by Gasteiger charge is -2.07. The molecule has 0 atom stereocenters. The van der Waals surface area contributed by atoms with Crippen LogP contribution in [0.3, 0.4) is 0 Å². The van der Waals surface area contributed by atoms with Crippen molar-refractivity contribution in [2.24, 2.45) is 5.73 Å². The zero-order chi connectivity index (χ0) is 17.6. The zero-order valence-electron chi connectivity index (χ0n) is 12.2. The Morgan fingerprint density at radius 1 is 1.00 bits per heavy atom. The van der Waals surface area contributed by atoms with Gasteiger partial charge in [-0.05, 0) is 44.9 Å². The van der Waals surface area contributed by atoms with E-state index >= 15 is 0 Å². The normalized spacial score (nSPS) is 11.0. The molecule has 0 spiro atoms. The summed E-state index contributed by atoms with van der Waals surface area (Å²) in [7, 11) is 0. The molecule has 12 heteroatoms. The molecule has 0 fully saturated rings. The van der Waals surface area contributed by atoms with Crippen LogP contribution in [0.1, 0.15) is 10.4 Å². The fraction of sp³-hybridized carbons (Fsp3) is 0. The highest BCUT2D eigenvalue weighted by Crippen LogP contribution is 2.39. The number of anilines is 2. The lowest BCUT2D eigenvalue weighted by molar-refractivity contribution is -0.382. The lowest BCUT2D eigenvalue weighted by atomic mass is 10.1. The molecule has 1 amide bonds. The molecule has 0 aliphatic carbocycles. The summed E-state index contributed by atoms with van der Waals surface area (Å²) in [5, 5.41) is 29.0. The fourth-order valence-corrected chi connectivity index (χ4v) is 2.40. The van der Waals surface area contributed by atoms with Crippen LogP contribution in [0.25, 0.3) is 22.1 Å². The molecule has 124 valence electrons. The average Bonchev–Trinajstić information content (AvgIpc) is 3.23. The Bertz CT molecular complexity index is 1130. The van der Waals surface area contributed by atoms with Crippen LogP contribution in [0.4, 0.5) is 17.1 Å². The van der Waals surface area contributed by atoms with Gasteiger partial charge in [0.15, 0.2) is 22.2 Å². The Kier molecular flexibility index (Phi) is 3.03. The van der Waals surface area contributed by atoms with E-state index < -0.39 is 16.5 Å². The Morgan fingerprint density at radius 3 is 2.16 bits per heavy atom. The van der Waals surface area contributed by atoms with Gasteiger partial charge < -0.3 is 11.1 Å². The quantitative estimate of drug-likeness (QED) is 0.408. The summed E-state index contributed by atoms with van der Waals surface area (Å²) in [6, 6.07) is 6.03. The Morgan fingerprint density at radius 2 is 1.56 bits per heavy atom. The number of carbonyl (C=O) groups is 1. The Balaban J connectivity index is 1.92. The molecule has 4 rings (SSSR count). The first-order valence-electron chi connectivity index (χ1n) is 6.78. The Labute approximate surface area is 136 Å². The van der Waals surface area contributed by atoms with Crippen molar-refractivity contribution < 1.29 is 19.0 Å². The summed E-state index contributed by atoms with van der Waals surface area (Å²) in [6.07, 6.45) is 0. The van der Waals surface area contributed by atoms with E-state index in [1.165, 1.54) is 24.3 Å². The molecule has 0 aliphatic heterocycles. The van der Waals surface area contributed by atoms with E-state index in [4.69, 9.17) is 5.73 Å². The lowest BCUT2D eigenvalue weighted by Crippen LogP contribution is -2.10. The van der Waals surface area contributed by atoms with Gasteiger partial charge in [0.2, 0.25) is 11.4 Å². The molecule has 0 aliphatic rings. The third-order valence-corrected chi connectivity index (χ3v) is 3.52. The maximum Gasteiger partial charge on any atom is 0.326 e. The summed E-state index contributed by atoms with van der Waals surface area (Å²) < 4.78 is 9.26. The second-order valence-corrected chi connectivity index (χ2v) is 4.97. The van der Waals surface area contributed by atoms with Crippen molar-refractivity contribution in [2.45, 2.75) is 0 Å². The Hall–Kier alpha value is -4.09. The minimum Gasteiger partial charge on any atom is -0.366 e. The van der Waals surface area contributed by atoms with Gasteiger partial charge in [0.05, 0.1) is 4.92 Å². The minimum atomic E-state index is -0.638. The van der Waals surface area contributed by atoms with Crippen molar-refractivity contribution in [3.8, 4) is 0 Å². The van der Waals surface area contributed by atoms with Crippen molar-refractivity contribution in [2.75, 3.05) is 5.32 Å². The van der Waals surface area contributed by atoms with Gasteiger partial charge in [0.25, 0.3) is 0 Å². The number of fused-ring (bicyclic) bond motifs is 3. The number of hydrogen-bond acceptors (Lipinski definition) is 10. The highest BCUT2D eigenvalue weighted by atomic mass is 16.6. The van der Waals surface area contributed by atoms with E-state index in [9.17, 15) is 14.9 Å². The first-order chi connectivity index (χ1) is 12.1. The molecule has 0 saturated carbocycles. The number of rotatable bonds is 4. The van der Waals surface area contributed by atoms with Crippen LogP contribution in [-0.2, 0) is 0 Å². The van der Waals surface area contributed by atoms with Gasteiger partial charge in [-0.1, -0.05) is 0 Å². The van der Waals surface area contributed by atoms with Gasteiger partial charge in [0.1, 0.15) is 0 Å². The number of carbonyl (C=O) groups excluding carboxylic acids is 1. The van der Waals surface area contributed by atoms with Crippen LogP contribution in [-0.4, -0.2) is 31.5 Å². The number of nitro benzene ring substituents is 1. The maximum absolute atomic E-state index is 11.5. The third kappa shape index (κ3) is 2.20. The topological polar surface area (TPSA) is 176 Å². The number of nitrogens with one attached hydrogen (secondary N) is 1. The number of nitro groups is 1. The standard InChI is InChI=1S/C13H7N7O5/c14-13(21)5-1-3-6(4-2-5)15-10-8-7(16-24-17-8)9-11(19-25-18-9)12(10)20(22)23/h1-4,15H,(H2,14,21). The number of nitrogens with two attached hydrogens (primary N) is 1. The van der Waals surface area contributed by atoms with Gasteiger partial charge in [0, 0.05) is 11.3 Å². The fourth-order valence-electron chi connectivity index (χ4n) is 2.40. The molecule has 12 nitrogen and oxygen atoms in total. The third-order valence-electron chi connectivity index (χ3n) is 3.52. The number of primary amides is 1. The number of hydrogen-bond donors (Lipinski definition) is 2. The maximum atomic E-state index is 11.5. The van der Waals surface area contributed by atoms with Crippen LogP contribution < -0.4 is 11.1 Å². The summed E-state index contributed by atoms with van der Waals surface area (Å²) in [5.74, 6) is -0.587. The highest BCUT2D eigenvalue weighted by molar-refractivity contribution is 6.12. The zero-order valence-corrected chi connectivity index (χ0v) is 12.2. The average molecular weight is 341 g/mol. The molecule has 0 unspecified atom stereocenters. The van der Waals surface area contributed by atoms with Crippen molar-refractivity contribution in [1.82, 2.24) is 20.6 Å². The number of amides is 1. The largest absolute Gasteiger partial charge is 0.366 e. The van der Waals surface area contributed by atoms with Crippen molar-refractivity contribution in [3.63, 3.8) is 0 Å². The van der Waals surface area contributed by atoms with E-state index in [2.05, 4.69) is 35.2 Å². The van der Waals surface area contributed by atoms with Gasteiger partial charge in [-0.15, -0.1) is 0 Å². The van der Waals surface area contributed by atoms with E-state index in [-0.39, 0.29) is 27.8 Å². The summed E-state index contributed by atoms with van der Waals surface area (Å²) >= 11 is 0. The van der Waals surface area contributed by atoms with Crippen LogP contribution >= 0.6 is 0 Å². The second-order valence-electron chi connectivity index (χ2n) is 4.97. The summed E-state index contributed by atoms with van der Waals surface area (Å²) in [6.45, 7) is 0. The van der Waals surface area contributed by atoms with Crippen LogP contribution in [0, 0.1) is 10.1 Å². The number of nitrogens with zero attached hydrogens (tertiary/aromatic N) is 5. The molecular formula is C13H7N7O5. The van der Waals surface area contributed by atoms with Crippen molar-refractivity contribution in [3.05, 3.63) is 39.9 Å². The summed E-state index contributed by atoms with van der Waals surface area (Å²) in [5.41, 5.74) is 5.78. The smallest absolute Gasteiger partial charge is 0.326 e. The first-order valence-corrected chi connectivity index (χ1v) is 6.78. The SMILES string of the molecule is NC(=O)c1ccc(Nc2c([N+](=O)[O-])c3nonc3c3nonc23)cc1. The summed E-state index contributed by atoms with van der Waals surface area (Å²) in [4.78, 5) is 22.0. The van der Waals surface area contributed by atoms with Crippen LogP contribution in [0.15, 0.2) is 33.5 Å². The molecule has 0 bridgehead atoms. The number of aromatic nitrogens is 4. The molecule has 4 aromatic rings. The van der Waals surface area contributed by atoms with E-state index in [1.54, 1.807) is 0 Å². The minimum absolute atomic E-state index is 0.0104. The molecule has 0 radical (unpaired) electrons. The van der Waals surface area contributed by atoms with Gasteiger partial charge in [-0.2, -0.15) is 0 Å². The van der Waals surface area contributed by atoms with E-state index in [1.807, 2.05) is 0 Å². The predicted molar refractivity (Wildman–Crippen MR) is 82.1 cm³/mol. The molecule has 2 heterocycles. The first kappa shape index (κ1) is 14.5. The van der Waals surface area contributed by atoms with Crippen LogP contribution in [0.2, 0.25) is 0 Å². The molecule has 2 aromatic carbocycles. The second kappa shape index (κ2) is 5.23. The molecular weight excluding hydrogens is 334 g/mol. The van der Waals surface area contributed by atoms with E-state index in [0.717, 1.165) is 0 Å².